The van der Waals surface area contributed by atoms with Crippen molar-refractivity contribution in [2.24, 2.45) is 11.8 Å². The first kappa shape index (κ1) is 19.3. The Labute approximate surface area is 134 Å². The van der Waals surface area contributed by atoms with Gasteiger partial charge in [0.2, 0.25) is 0 Å². The van der Waals surface area contributed by atoms with E-state index in [0.717, 1.165) is 0 Å². The quantitative estimate of drug-likeness (QED) is 0.439. The second-order valence-electron chi connectivity index (χ2n) is 5.97. The molecule has 0 heterocycles. The fourth-order valence-electron chi connectivity index (χ4n) is 3.04. The SMILES string of the molecule is O=C(O)C/C=C/CC1C(O)CC(O)C1CCC(=O)CCC(=O)O. The number of carboxylic acid groups (broad SMARTS) is 2. The van der Waals surface area contributed by atoms with Crippen LogP contribution in [0.25, 0.3) is 0 Å². The number of carbonyl (C=O) groups is 3. The van der Waals surface area contributed by atoms with Crippen LogP contribution < -0.4 is 0 Å². The smallest absolute Gasteiger partial charge is 0.307 e. The molecular formula is C16H24O7. The van der Waals surface area contributed by atoms with E-state index in [1.807, 2.05) is 0 Å². The fraction of sp³-hybridized carbons (Fsp3) is 0.688. The Morgan fingerprint density at radius 2 is 1.52 bits per heavy atom. The van der Waals surface area contributed by atoms with Gasteiger partial charge in [0.15, 0.2) is 0 Å². The maximum Gasteiger partial charge on any atom is 0.307 e. The van der Waals surface area contributed by atoms with Crippen LogP contribution in [0, 0.1) is 11.8 Å². The molecule has 0 bridgehead atoms. The highest BCUT2D eigenvalue weighted by molar-refractivity contribution is 5.82. The number of aliphatic hydroxyl groups is 2. The molecule has 4 unspecified atom stereocenters. The summed E-state index contributed by atoms with van der Waals surface area (Å²) in [6.45, 7) is 0. The lowest BCUT2D eigenvalue weighted by Crippen LogP contribution is -2.22. The highest BCUT2D eigenvalue weighted by Crippen LogP contribution is 2.38. The molecule has 23 heavy (non-hydrogen) atoms. The van der Waals surface area contributed by atoms with Gasteiger partial charge in [0, 0.05) is 12.8 Å². The summed E-state index contributed by atoms with van der Waals surface area (Å²) in [5.41, 5.74) is 0. The summed E-state index contributed by atoms with van der Waals surface area (Å²) in [5, 5.41) is 37.1. The van der Waals surface area contributed by atoms with Gasteiger partial charge < -0.3 is 20.4 Å². The van der Waals surface area contributed by atoms with Gasteiger partial charge in [0.25, 0.3) is 0 Å². The normalized spacial score (nSPS) is 27.4. The Morgan fingerprint density at radius 1 is 0.870 bits per heavy atom. The lowest BCUT2D eigenvalue weighted by atomic mass is 9.86. The van der Waals surface area contributed by atoms with Crippen LogP contribution >= 0.6 is 0 Å². The average molecular weight is 328 g/mol. The molecule has 1 aliphatic carbocycles. The van der Waals surface area contributed by atoms with E-state index in [4.69, 9.17) is 10.2 Å². The largest absolute Gasteiger partial charge is 0.481 e. The van der Waals surface area contributed by atoms with Crippen LogP contribution in [0.15, 0.2) is 12.2 Å². The zero-order chi connectivity index (χ0) is 17.4. The number of aliphatic hydroxyl groups excluding tert-OH is 2. The second kappa shape index (κ2) is 9.42. The van der Waals surface area contributed by atoms with Crippen LogP contribution in [0.2, 0.25) is 0 Å². The molecule has 1 aliphatic rings. The van der Waals surface area contributed by atoms with Crippen LogP contribution in [0.1, 0.15) is 44.9 Å². The summed E-state index contributed by atoms with van der Waals surface area (Å²) in [6.07, 6.45) is 2.75. The van der Waals surface area contributed by atoms with Crippen molar-refractivity contribution in [3.8, 4) is 0 Å². The van der Waals surface area contributed by atoms with Crippen LogP contribution in [-0.2, 0) is 14.4 Å². The lowest BCUT2D eigenvalue weighted by Gasteiger charge is -2.22. The maximum absolute atomic E-state index is 11.6. The summed E-state index contributed by atoms with van der Waals surface area (Å²) in [4.78, 5) is 32.5. The minimum Gasteiger partial charge on any atom is -0.481 e. The second-order valence-corrected chi connectivity index (χ2v) is 5.97. The third-order valence-electron chi connectivity index (χ3n) is 4.26. The number of aliphatic carboxylic acids is 2. The van der Waals surface area contributed by atoms with Gasteiger partial charge in [-0.1, -0.05) is 12.2 Å². The molecule has 7 heteroatoms. The highest BCUT2D eigenvalue weighted by Gasteiger charge is 2.40. The number of rotatable bonds is 10. The molecule has 0 spiro atoms. The first-order chi connectivity index (χ1) is 10.8. The summed E-state index contributed by atoms with van der Waals surface area (Å²) >= 11 is 0. The Kier molecular flexibility index (Phi) is 7.91. The predicted molar refractivity (Wildman–Crippen MR) is 80.7 cm³/mol. The van der Waals surface area contributed by atoms with Crippen molar-refractivity contribution < 1.29 is 34.8 Å². The summed E-state index contributed by atoms with van der Waals surface area (Å²) in [5.74, 6) is -2.58. The van der Waals surface area contributed by atoms with Crippen molar-refractivity contribution in [2.75, 3.05) is 0 Å². The number of ketones is 1. The number of allylic oxidation sites excluding steroid dienone is 1. The Balaban J connectivity index is 2.49. The zero-order valence-electron chi connectivity index (χ0n) is 12.9. The van der Waals surface area contributed by atoms with E-state index in [1.54, 1.807) is 6.08 Å². The van der Waals surface area contributed by atoms with Gasteiger partial charge >= 0.3 is 11.9 Å². The van der Waals surface area contributed by atoms with E-state index in [9.17, 15) is 24.6 Å². The third kappa shape index (κ3) is 6.92. The van der Waals surface area contributed by atoms with E-state index in [2.05, 4.69) is 0 Å². The van der Waals surface area contributed by atoms with E-state index in [0.29, 0.717) is 12.8 Å². The van der Waals surface area contributed by atoms with Crippen molar-refractivity contribution in [3.05, 3.63) is 12.2 Å². The van der Waals surface area contributed by atoms with Crippen LogP contribution in [-0.4, -0.2) is 50.4 Å². The van der Waals surface area contributed by atoms with Gasteiger partial charge in [-0.2, -0.15) is 0 Å². The zero-order valence-corrected chi connectivity index (χ0v) is 12.9. The minimum absolute atomic E-state index is 0.0239. The monoisotopic (exact) mass is 328 g/mol. The number of hydrogen-bond acceptors (Lipinski definition) is 5. The standard InChI is InChI=1S/C16H24O7/c17-10(6-8-16(22)23)5-7-12-11(13(18)9-14(12)19)3-1-2-4-15(20)21/h1-2,11-14,18-19H,3-9H2,(H,20,21)(H,22,23)/b2-1+. The number of carboxylic acids is 2. The molecule has 0 aromatic carbocycles. The van der Waals surface area contributed by atoms with Crippen molar-refractivity contribution >= 4 is 17.7 Å². The Morgan fingerprint density at radius 3 is 2.13 bits per heavy atom. The minimum atomic E-state index is -1.02. The van der Waals surface area contributed by atoms with Crippen LogP contribution in [0.3, 0.4) is 0 Å². The van der Waals surface area contributed by atoms with Gasteiger partial charge in [-0.15, -0.1) is 0 Å². The Bertz CT molecular complexity index is 457. The number of hydrogen-bond donors (Lipinski definition) is 4. The summed E-state index contributed by atoms with van der Waals surface area (Å²) < 4.78 is 0. The predicted octanol–water partition coefficient (Wildman–Crippen LogP) is 0.979. The molecule has 0 aliphatic heterocycles. The molecule has 4 N–H and O–H groups in total. The van der Waals surface area contributed by atoms with Crippen molar-refractivity contribution in [1.82, 2.24) is 0 Å². The van der Waals surface area contributed by atoms with Gasteiger partial charge in [0.1, 0.15) is 5.78 Å². The molecular weight excluding hydrogens is 304 g/mol. The molecule has 0 aromatic rings. The maximum atomic E-state index is 11.6. The summed E-state index contributed by atoms with van der Waals surface area (Å²) in [6, 6.07) is 0. The molecule has 0 radical (unpaired) electrons. The molecule has 0 saturated heterocycles. The molecule has 1 saturated carbocycles. The molecule has 4 atom stereocenters. The van der Waals surface area contributed by atoms with E-state index in [1.165, 1.54) is 6.08 Å². The molecule has 0 amide bonds. The Hall–Kier alpha value is -1.73. The van der Waals surface area contributed by atoms with E-state index >= 15 is 0 Å². The van der Waals surface area contributed by atoms with Crippen LogP contribution in [0.4, 0.5) is 0 Å². The van der Waals surface area contributed by atoms with Crippen molar-refractivity contribution in [3.63, 3.8) is 0 Å². The lowest BCUT2D eigenvalue weighted by molar-refractivity contribution is -0.138. The molecule has 1 rings (SSSR count). The van der Waals surface area contributed by atoms with Crippen molar-refractivity contribution in [1.29, 1.82) is 0 Å². The van der Waals surface area contributed by atoms with Crippen LogP contribution in [0.5, 0.6) is 0 Å². The molecule has 7 nitrogen and oxygen atoms in total. The molecule has 0 aromatic heterocycles. The van der Waals surface area contributed by atoms with Gasteiger partial charge in [-0.05, 0) is 31.1 Å². The van der Waals surface area contributed by atoms with Gasteiger partial charge in [0.05, 0.1) is 25.0 Å². The first-order valence-electron chi connectivity index (χ1n) is 7.77. The third-order valence-corrected chi connectivity index (χ3v) is 4.26. The topological polar surface area (TPSA) is 132 Å². The van der Waals surface area contributed by atoms with Gasteiger partial charge in [-0.3, -0.25) is 14.4 Å². The fourth-order valence-corrected chi connectivity index (χ4v) is 3.04. The molecule has 1 fully saturated rings. The van der Waals surface area contributed by atoms with E-state index < -0.39 is 24.1 Å². The van der Waals surface area contributed by atoms with E-state index in [-0.39, 0.29) is 49.7 Å². The first-order valence-corrected chi connectivity index (χ1v) is 7.77. The highest BCUT2D eigenvalue weighted by atomic mass is 16.4. The van der Waals surface area contributed by atoms with Gasteiger partial charge in [-0.25, -0.2) is 0 Å². The summed E-state index contributed by atoms with van der Waals surface area (Å²) in [7, 11) is 0. The average Bonchev–Trinajstić information content (AvgIpc) is 2.72. The number of Topliss-reactive ketones (excluding diaryl/α,β-unsaturated/α-hetero) is 1. The number of carbonyl (C=O) groups excluding carboxylic acids is 1. The van der Waals surface area contributed by atoms with Crippen molar-refractivity contribution in [2.45, 2.75) is 57.2 Å². The molecule has 130 valence electrons.